The van der Waals surface area contributed by atoms with Gasteiger partial charge in [-0.05, 0) is 19.3 Å². The summed E-state index contributed by atoms with van der Waals surface area (Å²) in [6.07, 6.45) is 6.87. The molecule has 0 aromatic heterocycles. The van der Waals surface area contributed by atoms with Gasteiger partial charge in [-0.15, -0.1) is 0 Å². The standard InChI is InChI=1S/C12H25NO2/c1-2-9-14-10-7-13-8-11-15-12-5-3-4-6-12/h12-13H,2-11H2,1H3. The molecule has 0 amide bonds. The maximum atomic E-state index is 5.73. The normalized spacial score (nSPS) is 17.4. The lowest BCUT2D eigenvalue weighted by Crippen LogP contribution is -2.25. The minimum Gasteiger partial charge on any atom is -0.380 e. The molecule has 0 unspecified atom stereocenters. The largest absolute Gasteiger partial charge is 0.380 e. The first-order valence-corrected chi connectivity index (χ1v) is 6.33. The molecular weight excluding hydrogens is 190 g/mol. The summed E-state index contributed by atoms with van der Waals surface area (Å²) in [7, 11) is 0. The third kappa shape index (κ3) is 6.88. The lowest BCUT2D eigenvalue weighted by atomic mass is 10.3. The molecule has 0 saturated heterocycles. The van der Waals surface area contributed by atoms with Crippen LogP contribution in [0.15, 0.2) is 0 Å². The van der Waals surface area contributed by atoms with E-state index in [1.165, 1.54) is 25.7 Å². The molecule has 3 heteroatoms. The number of ether oxygens (including phenoxy) is 2. The predicted molar refractivity (Wildman–Crippen MR) is 62.2 cm³/mol. The first-order valence-electron chi connectivity index (χ1n) is 6.33. The van der Waals surface area contributed by atoms with Crippen LogP contribution >= 0.6 is 0 Å². The van der Waals surface area contributed by atoms with Gasteiger partial charge in [0.05, 0.1) is 19.3 Å². The van der Waals surface area contributed by atoms with E-state index in [9.17, 15) is 0 Å². The Morgan fingerprint density at radius 2 is 1.80 bits per heavy atom. The second-order valence-corrected chi connectivity index (χ2v) is 4.14. The Hall–Kier alpha value is -0.120. The van der Waals surface area contributed by atoms with Crippen LogP contribution in [0.25, 0.3) is 0 Å². The average Bonchev–Trinajstić information content (AvgIpc) is 2.75. The average molecular weight is 215 g/mol. The topological polar surface area (TPSA) is 30.5 Å². The van der Waals surface area contributed by atoms with Crippen LogP contribution in [-0.4, -0.2) is 39.0 Å². The summed E-state index contributed by atoms with van der Waals surface area (Å²) in [6, 6.07) is 0. The molecule has 0 atom stereocenters. The first-order chi connectivity index (χ1) is 7.43. The highest BCUT2D eigenvalue weighted by atomic mass is 16.5. The third-order valence-corrected chi connectivity index (χ3v) is 2.71. The summed E-state index contributed by atoms with van der Waals surface area (Å²) in [5, 5.41) is 3.32. The molecule has 1 rings (SSSR count). The molecule has 0 aromatic carbocycles. The second-order valence-electron chi connectivity index (χ2n) is 4.14. The Morgan fingerprint density at radius 3 is 2.53 bits per heavy atom. The van der Waals surface area contributed by atoms with Crippen molar-refractivity contribution in [1.29, 1.82) is 0 Å². The van der Waals surface area contributed by atoms with E-state index in [1.807, 2.05) is 0 Å². The lowest BCUT2D eigenvalue weighted by Gasteiger charge is -2.11. The quantitative estimate of drug-likeness (QED) is 0.596. The molecule has 90 valence electrons. The van der Waals surface area contributed by atoms with Gasteiger partial charge in [0.1, 0.15) is 0 Å². The van der Waals surface area contributed by atoms with Gasteiger partial charge < -0.3 is 14.8 Å². The molecule has 0 heterocycles. The summed E-state index contributed by atoms with van der Waals surface area (Å²) in [5.74, 6) is 0. The molecule has 1 aliphatic carbocycles. The minimum absolute atomic E-state index is 0.545. The van der Waals surface area contributed by atoms with E-state index in [0.29, 0.717) is 6.10 Å². The van der Waals surface area contributed by atoms with Crippen molar-refractivity contribution in [1.82, 2.24) is 5.32 Å². The van der Waals surface area contributed by atoms with E-state index in [4.69, 9.17) is 9.47 Å². The summed E-state index contributed by atoms with van der Waals surface area (Å²) < 4.78 is 11.1. The zero-order valence-electron chi connectivity index (χ0n) is 9.96. The van der Waals surface area contributed by atoms with Crippen molar-refractivity contribution >= 4 is 0 Å². The van der Waals surface area contributed by atoms with Crippen LogP contribution in [0.3, 0.4) is 0 Å². The molecule has 0 spiro atoms. The maximum Gasteiger partial charge on any atom is 0.0594 e. The van der Waals surface area contributed by atoms with Crippen molar-refractivity contribution in [3.8, 4) is 0 Å². The van der Waals surface area contributed by atoms with Crippen LogP contribution in [-0.2, 0) is 9.47 Å². The Bertz CT molecular complexity index is 136. The second kappa shape index (κ2) is 9.13. The van der Waals surface area contributed by atoms with Gasteiger partial charge in [-0.2, -0.15) is 0 Å². The fourth-order valence-corrected chi connectivity index (χ4v) is 1.87. The highest BCUT2D eigenvalue weighted by Gasteiger charge is 2.14. The number of rotatable bonds is 9. The molecule has 1 N–H and O–H groups in total. The van der Waals surface area contributed by atoms with E-state index < -0.39 is 0 Å². The first kappa shape index (κ1) is 12.9. The van der Waals surface area contributed by atoms with Crippen LogP contribution in [0.5, 0.6) is 0 Å². The van der Waals surface area contributed by atoms with Gasteiger partial charge in [0.25, 0.3) is 0 Å². The number of hydrogen-bond acceptors (Lipinski definition) is 3. The molecule has 0 aromatic rings. The lowest BCUT2D eigenvalue weighted by molar-refractivity contribution is 0.0588. The van der Waals surface area contributed by atoms with E-state index in [0.717, 1.165) is 39.3 Å². The molecule has 1 aliphatic rings. The van der Waals surface area contributed by atoms with Crippen LogP contribution in [0.2, 0.25) is 0 Å². The summed E-state index contributed by atoms with van der Waals surface area (Å²) >= 11 is 0. The smallest absolute Gasteiger partial charge is 0.0594 e. The minimum atomic E-state index is 0.545. The number of nitrogens with one attached hydrogen (secondary N) is 1. The van der Waals surface area contributed by atoms with Crippen LogP contribution in [0.1, 0.15) is 39.0 Å². The van der Waals surface area contributed by atoms with Gasteiger partial charge in [0, 0.05) is 19.7 Å². The summed E-state index contributed by atoms with van der Waals surface area (Å²) in [4.78, 5) is 0. The molecule has 0 radical (unpaired) electrons. The molecule has 0 bridgehead atoms. The SMILES string of the molecule is CCCOCCNCCOC1CCCC1. The molecule has 1 saturated carbocycles. The fourth-order valence-electron chi connectivity index (χ4n) is 1.87. The number of hydrogen-bond donors (Lipinski definition) is 1. The van der Waals surface area contributed by atoms with Crippen LogP contribution in [0.4, 0.5) is 0 Å². The van der Waals surface area contributed by atoms with Gasteiger partial charge >= 0.3 is 0 Å². The van der Waals surface area contributed by atoms with Crippen molar-refractivity contribution in [3.05, 3.63) is 0 Å². The highest BCUT2D eigenvalue weighted by molar-refractivity contribution is 4.66. The van der Waals surface area contributed by atoms with Crippen molar-refractivity contribution < 1.29 is 9.47 Å². The molecule has 0 aliphatic heterocycles. The van der Waals surface area contributed by atoms with Gasteiger partial charge in [0.2, 0.25) is 0 Å². The van der Waals surface area contributed by atoms with E-state index in [2.05, 4.69) is 12.2 Å². The van der Waals surface area contributed by atoms with Crippen molar-refractivity contribution in [2.45, 2.75) is 45.1 Å². The van der Waals surface area contributed by atoms with Crippen molar-refractivity contribution in [3.63, 3.8) is 0 Å². The Kier molecular flexibility index (Phi) is 7.88. The maximum absolute atomic E-state index is 5.73. The van der Waals surface area contributed by atoms with Crippen molar-refractivity contribution in [2.75, 3.05) is 32.9 Å². The summed E-state index contributed by atoms with van der Waals surface area (Å²) in [5.41, 5.74) is 0. The zero-order valence-corrected chi connectivity index (χ0v) is 9.96. The van der Waals surface area contributed by atoms with Gasteiger partial charge in [-0.3, -0.25) is 0 Å². The Balaban J connectivity index is 1.73. The zero-order chi connectivity index (χ0) is 10.8. The highest BCUT2D eigenvalue weighted by Crippen LogP contribution is 2.20. The Labute approximate surface area is 93.5 Å². The summed E-state index contributed by atoms with van der Waals surface area (Å²) in [6.45, 7) is 6.55. The molecular formula is C12H25NO2. The predicted octanol–water partition coefficient (Wildman–Crippen LogP) is 1.96. The van der Waals surface area contributed by atoms with Crippen molar-refractivity contribution in [2.24, 2.45) is 0 Å². The Morgan fingerprint density at radius 1 is 1.07 bits per heavy atom. The molecule has 15 heavy (non-hydrogen) atoms. The van der Waals surface area contributed by atoms with Crippen LogP contribution in [0, 0.1) is 0 Å². The fraction of sp³-hybridized carbons (Fsp3) is 1.00. The monoisotopic (exact) mass is 215 g/mol. The van der Waals surface area contributed by atoms with Crippen LogP contribution < -0.4 is 5.32 Å². The van der Waals surface area contributed by atoms with E-state index >= 15 is 0 Å². The molecule has 1 fully saturated rings. The van der Waals surface area contributed by atoms with Gasteiger partial charge in [-0.25, -0.2) is 0 Å². The molecule has 3 nitrogen and oxygen atoms in total. The van der Waals surface area contributed by atoms with Gasteiger partial charge in [-0.1, -0.05) is 19.8 Å². The van der Waals surface area contributed by atoms with E-state index in [-0.39, 0.29) is 0 Å². The van der Waals surface area contributed by atoms with Gasteiger partial charge in [0.15, 0.2) is 0 Å². The van der Waals surface area contributed by atoms with E-state index in [1.54, 1.807) is 0 Å². The third-order valence-electron chi connectivity index (χ3n) is 2.71.